The standard InChI is InChI=1S/C78H102F5N9O10S4/c1-51(72(79)80)20-21-57-45-77(7,8)35-32-58(57)46-90-38-40-91(41-39-90)61-28-26-56(27-29-61)73(96)88-106(101,102)65-30-31-67(69(44-65)105(99,100)78(81,82)83)86-60(49-103-64-17-13-11-14-18-64)34-37-89-36-33-59(47-89)87-70(95)19-15-10-9-12-16-62(93)42-66(76(4,5)6)75(98)92-48-63(94)43-68(92)74(97)85-52(2)54-22-24-55(25-23-54)71-53(3)84-50-104-71/h11,13-14,17-18,22-31,44,50,52,59-60,63,66,68,72,86,94H,1,9-10,12,15-16,19-21,32-43,45-49H2,2-8H3,(H,85,97)(H,87,95)(H,88,96)/t52-,59-,60+,63+,66+,68-/m0/s1. The third-order valence-electron chi connectivity index (χ3n) is 20.7. The second-order valence-electron chi connectivity index (χ2n) is 30.6. The summed E-state index contributed by atoms with van der Waals surface area (Å²) in [5, 5.41) is 19.9. The number of aromatic nitrogens is 1. The molecule has 9 rings (SSSR count). The zero-order valence-corrected chi connectivity index (χ0v) is 64.9. The molecule has 4 amide bonds. The molecule has 19 nitrogen and oxygen atoms in total. The van der Waals surface area contributed by atoms with Gasteiger partial charge in [-0.2, -0.15) is 13.2 Å². The molecule has 0 unspecified atom stereocenters. The number of carbonyl (C=O) groups is 5. The summed E-state index contributed by atoms with van der Waals surface area (Å²) < 4.78 is 127. The van der Waals surface area contributed by atoms with Crippen LogP contribution in [0.5, 0.6) is 0 Å². The molecule has 6 atom stereocenters. The van der Waals surface area contributed by atoms with Crippen molar-refractivity contribution >= 4 is 83.7 Å². The molecule has 5 aromatic rings. The van der Waals surface area contributed by atoms with Crippen molar-refractivity contribution in [1.29, 1.82) is 0 Å². The molecule has 106 heavy (non-hydrogen) atoms. The number of aliphatic hydroxyl groups excluding tert-OH is 1. The van der Waals surface area contributed by atoms with Crippen LogP contribution in [0.1, 0.15) is 166 Å². The van der Waals surface area contributed by atoms with Crippen molar-refractivity contribution < 1.29 is 67.9 Å². The number of Topliss-reactive ketones (excluding diaryl/α,β-unsaturated/α-hetero) is 1. The van der Waals surface area contributed by atoms with E-state index in [0.29, 0.717) is 96.8 Å². The molecule has 3 fully saturated rings. The van der Waals surface area contributed by atoms with Crippen molar-refractivity contribution in [2.45, 2.75) is 202 Å². The molecule has 5 N–H and O–H groups in total. The number of sulfone groups is 1. The molecular weight excluding hydrogens is 1450 g/mol. The molecule has 1 aliphatic carbocycles. The van der Waals surface area contributed by atoms with E-state index in [1.54, 1.807) is 29.0 Å². The molecule has 3 aliphatic heterocycles. The van der Waals surface area contributed by atoms with E-state index in [0.717, 1.165) is 70.2 Å². The van der Waals surface area contributed by atoms with Crippen LogP contribution in [0, 0.1) is 23.7 Å². The third-order valence-corrected chi connectivity index (χ3v) is 25.7. The highest BCUT2D eigenvalue weighted by Crippen LogP contribution is 2.43. The summed E-state index contributed by atoms with van der Waals surface area (Å²) in [7, 11) is -11.2. The molecule has 4 aromatic carbocycles. The second kappa shape index (κ2) is 36.4. The number of rotatable bonds is 34. The van der Waals surface area contributed by atoms with Gasteiger partial charge in [-0.15, -0.1) is 23.1 Å². The topological polar surface area (TPSA) is 248 Å². The molecule has 0 bridgehead atoms. The molecule has 4 aliphatic rings. The number of ketones is 1. The van der Waals surface area contributed by atoms with E-state index in [2.05, 4.69) is 56.1 Å². The number of nitrogens with one attached hydrogen (secondary N) is 4. The van der Waals surface area contributed by atoms with E-state index in [4.69, 9.17) is 0 Å². The summed E-state index contributed by atoms with van der Waals surface area (Å²) in [6.07, 6.45) is 4.06. The number of sulfonamides is 1. The van der Waals surface area contributed by atoms with Crippen LogP contribution in [0.4, 0.5) is 33.3 Å². The van der Waals surface area contributed by atoms with Crippen LogP contribution in [0.2, 0.25) is 0 Å². The summed E-state index contributed by atoms with van der Waals surface area (Å²) in [6, 6.07) is 23.4. The Kier molecular flexibility index (Phi) is 28.5. The van der Waals surface area contributed by atoms with Gasteiger partial charge in [-0.3, -0.25) is 28.9 Å². The van der Waals surface area contributed by atoms with Gasteiger partial charge in [0.15, 0.2) is 0 Å². The maximum Gasteiger partial charge on any atom is 0.501 e. The van der Waals surface area contributed by atoms with E-state index < -0.39 is 82.7 Å². The molecule has 578 valence electrons. The first-order valence-corrected chi connectivity index (χ1v) is 41.4. The lowest BCUT2D eigenvalue weighted by Gasteiger charge is -2.39. The summed E-state index contributed by atoms with van der Waals surface area (Å²) >= 11 is 2.94. The lowest BCUT2D eigenvalue weighted by molar-refractivity contribution is -0.146. The van der Waals surface area contributed by atoms with Crippen molar-refractivity contribution in [2.75, 3.05) is 74.9 Å². The number of carbonyl (C=O) groups excluding carboxylic acids is 5. The highest BCUT2D eigenvalue weighted by Gasteiger charge is 2.49. The fourth-order valence-electron chi connectivity index (χ4n) is 14.3. The maximum atomic E-state index is 14.6. The van der Waals surface area contributed by atoms with Crippen molar-refractivity contribution in [1.82, 2.24) is 35.0 Å². The Bertz CT molecular complexity index is 4150. The number of aliphatic hydroxyl groups is 1. The van der Waals surface area contributed by atoms with E-state index in [1.807, 2.05) is 93.9 Å². The number of β-amino-alcohol motifs (C(OH)–C–C–N with tert-alkyl or cyclic N) is 1. The molecule has 28 heteroatoms. The van der Waals surface area contributed by atoms with Gasteiger partial charge >= 0.3 is 5.51 Å². The van der Waals surface area contributed by atoms with E-state index in [1.165, 1.54) is 39.9 Å². The molecule has 0 saturated carbocycles. The van der Waals surface area contributed by atoms with Crippen molar-refractivity contribution in [2.24, 2.45) is 16.7 Å². The first-order chi connectivity index (χ1) is 50.0. The summed E-state index contributed by atoms with van der Waals surface area (Å²) in [5.41, 5.74) is 0.914. The lowest BCUT2D eigenvalue weighted by atomic mass is 9.73. The minimum Gasteiger partial charge on any atom is -0.391 e. The number of thiazole rings is 1. The Morgan fingerprint density at radius 2 is 1.52 bits per heavy atom. The van der Waals surface area contributed by atoms with Crippen LogP contribution in [-0.4, -0.2) is 172 Å². The number of likely N-dealkylation sites (tertiary alicyclic amines) is 2. The Balaban J connectivity index is 0.731. The van der Waals surface area contributed by atoms with Crippen LogP contribution in [-0.2, 0) is 39.0 Å². The third kappa shape index (κ3) is 22.8. The minimum atomic E-state index is -6.20. The lowest BCUT2D eigenvalue weighted by Crippen LogP contribution is -2.50. The summed E-state index contributed by atoms with van der Waals surface area (Å²) in [4.78, 5) is 80.5. The van der Waals surface area contributed by atoms with E-state index in [-0.39, 0.29) is 96.5 Å². The number of hydrogen-bond acceptors (Lipinski definition) is 17. The zero-order valence-electron chi connectivity index (χ0n) is 61.6. The molecule has 4 heterocycles. The summed E-state index contributed by atoms with van der Waals surface area (Å²) in [5.74, 6) is -2.53. The highest BCUT2D eigenvalue weighted by molar-refractivity contribution is 7.99. The normalized spacial score (nSPS) is 19.2. The van der Waals surface area contributed by atoms with Gasteiger partial charge in [0, 0.05) is 124 Å². The number of hydrogen-bond donors (Lipinski definition) is 5. The maximum absolute atomic E-state index is 14.6. The number of amides is 4. The van der Waals surface area contributed by atoms with Gasteiger partial charge in [-0.05, 0) is 154 Å². The number of allylic oxidation sites excluding steroid dienone is 2. The number of anilines is 2. The number of aryl methyl sites for hydroxylation is 1. The monoisotopic (exact) mass is 1550 g/mol. The van der Waals surface area contributed by atoms with E-state index in [9.17, 15) is 67.9 Å². The SMILES string of the molecule is C=C(CCC1=C(CN2CCN(c3ccc(C(=O)NS(=O)(=O)c4ccc(N[C@H](CCN5CC[C@H](NC(=O)CCCCCCC(=O)C[C@H](C(=O)N6C[C@H](O)C[C@H]6C(=O)N[C@@H](C)c6ccc(-c7scnc7C)cc6)C(C)(C)C)C5)CSc5ccccc5)c(S(=O)(=O)C(F)(F)F)c4)cc3)CC2)CCC(C)(C)C1)C(F)F. The average Bonchev–Trinajstić information content (AvgIpc) is 0.948. The number of thioether (sulfide) groups is 1. The van der Waals surface area contributed by atoms with Crippen LogP contribution >= 0.6 is 23.1 Å². The smallest absolute Gasteiger partial charge is 0.391 e. The Morgan fingerprint density at radius 1 is 0.830 bits per heavy atom. The number of nitrogens with zero attached hydrogens (tertiary/aromatic N) is 5. The predicted octanol–water partition coefficient (Wildman–Crippen LogP) is 13.7. The van der Waals surface area contributed by atoms with Gasteiger partial charge in [0.25, 0.3) is 32.2 Å². The first-order valence-electron chi connectivity index (χ1n) is 36.6. The Hall–Kier alpha value is -7.08. The minimum absolute atomic E-state index is 0.0185. The first kappa shape index (κ1) is 83.0. The predicted molar refractivity (Wildman–Crippen MR) is 406 cm³/mol. The number of alkyl halides is 5. The van der Waals surface area contributed by atoms with Crippen LogP contribution in [0.3, 0.4) is 0 Å². The van der Waals surface area contributed by atoms with Gasteiger partial charge < -0.3 is 35.8 Å². The quantitative estimate of drug-likeness (QED) is 0.0111. The van der Waals surface area contributed by atoms with Crippen molar-refractivity contribution in [3.8, 4) is 10.4 Å². The van der Waals surface area contributed by atoms with E-state index >= 15 is 0 Å². The average molecular weight is 1550 g/mol. The molecule has 0 spiro atoms. The largest absolute Gasteiger partial charge is 0.501 e. The number of unbranched alkanes of at least 4 members (excludes halogenated alkanes) is 3. The van der Waals surface area contributed by atoms with Gasteiger partial charge in [0.05, 0.1) is 38.8 Å². The highest BCUT2D eigenvalue weighted by atomic mass is 32.2. The van der Waals surface area contributed by atoms with Gasteiger partial charge in [-0.25, -0.2) is 35.3 Å². The number of halogens is 5. The molecule has 0 radical (unpaired) electrons. The Morgan fingerprint density at radius 3 is 2.17 bits per heavy atom. The molecule has 3 saturated heterocycles. The van der Waals surface area contributed by atoms with Crippen LogP contribution < -0.4 is 25.6 Å². The molecule has 1 aromatic heterocycles. The van der Waals surface area contributed by atoms with Crippen LogP contribution in [0.15, 0.2) is 141 Å². The summed E-state index contributed by atoms with van der Waals surface area (Å²) in [6.45, 7) is 22.3. The van der Waals surface area contributed by atoms with Gasteiger partial charge in [-0.1, -0.05) is 108 Å². The number of benzene rings is 4. The van der Waals surface area contributed by atoms with Crippen molar-refractivity contribution in [3.63, 3.8) is 0 Å². The Labute approximate surface area is 629 Å². The number of piperazine rings is 1. The zero-order chi connectivity index (χ0) is 76.9. The van der Waals surface area contributed by atoms with Crippen LogP contribution in [0.25, 0.3) is 10.4 Å². The fraction of sp³-hybridized carbons (Fsp3) is 0.538. The van der Waals surface area contributed by atoms with Crippen molar-refractivity contribution in [3.05, 3.63) is 143 Å². The van der Waals surface area contributed by atoms with Gasteiger partial charge in [0.2, 0.25) is 17.7 Å². The fourth-order valence-corrected chi connectivity index (χ4v) is 18.2. The van der Waals surface area contributed by atoms with Gasteiger partial charge in [0.1, 0.15) is 16.7 Å². The molecular formula is C78H102F5N9O10S4. The second-order valence-corrected chi connectivity index (χ2v) is 36.1.